The number of carbonyl (C=O) groups is 1. The first-order valence-corrected chi connectivity index (χ1v) is 6.21. The van der Waals surface area contributed by atoms with Crippen molar-refractivity contribution in [3.63, 3.8) is 0 Å². The maximum Gasteiger partial charge on any atom is 0.224 e. The van der Waals surface area contributed by atoms with E-state index in [-0.39, 0.29) is 24.2 Å². The van der Waals surface area contributed by atoms with Gasteiger partial charge in [0.2, 0.25) is 5.91 Å². The first-order valence-electron chi connectivity index (χ1n) is 5.83. The number of nitrogens with one attached hydrogen (secondary N) is 2. The van der Waals surface area contributed by atoms with Gasteiger partial charge < -0.3 is 15.4 Å². The van der Waals surface area contributed by atoms with Crippen molar-refractivity contribution in [3.8, 4) is 5.75 Å². The third-order valence-corrected chi connectivity index (χ3v) is 3.05. The van der Waals surface area contributed by atoms with E-state index in [1.54, 1.807) is 13.2 Å². The van der Waals surface area contributed by atoms with E-state index in [0.717, 1.165) is 5.56 Å². The summed E-state index contributed by atoms with van der Waals surface area (Å²) in [6.45, 7) is 2.89. The molecule has 0 aromatic heterocycles. The van der Waals surface area contributed by atoms with Crippen LogP contribution >= 0.6 is 24.0 Å². The highest BCUT2D eigenvalue weighted by Gasteiger charge is 2.13. The van der Waals surface area contributed by atoms with E-state index >= 15 is 0 Å². The van der Waals surface area contributed by atoms with E-state index in [2.05, 4.69) is 10.6 Å². The lowest BCUT2D eigenvalue weighted by molar-refractivity contribution is -0.124. The van der Waals surface area contributed by atoms with Crippen LogP contribution in [-0.4, -0.2) is 26.6 Å². The molecule has 0 fully saturated rings. The molecule has 1 unspecified atom stereocenters. The Bertz CT molecular complexity index is 414. The molecule has 1 aromatic rings. The topological polar surface area (TPSA) is 50.4 Å². The van der Waals surface area contributed by atoms with Crippen molar-refractivity contribution in [1.82, 2.24) is 10.6 Å². The normalized spacial score (nSPS) is 11.4. The van der Waals surface area contributed by atoms with E-state index < -0.39 is 0 Å². The van der Waals surface area contributed by atoms with Crippen LogP contribution in [0.2, 0.25) is 5.02 Å². The summed E-state index contributed by atoms with van der Waals surface area (Å²) >= 11 is 6.09. The fourth-order valence-electron chi connectivity index (χ4n) is 1.65. The lowest BCUT2D eigenvalue weighted by atomic mass is 10.1. The van der Waals surface area contributed by atoms with Crippen LogP contribution in [0.3, 0.4) is 0 Å². The minimum Gasteiger partial charge on any atom is -0.496 e. The van der Waals surface area contributed by atoms with E-state index in [4.69, 9.17) is 16.3 Å². The Morgan fingerprint density at radius 1 is 1.47 bits per heavy atom. The number of benzene rings is 1. The van der Waals surface area contributed by atoms with Crippen LogP contribution in [0, 0.1) is 5.92 Å². The molecule has 0 saturated carbocycles. The molecule has 6 heteroatoms. The molecule has 0 bridgehead atoms. The predicted octanol–water partition coefficient (Wildman–Crippen LogP) is 2.24. The van der Waals surface area contributed by atoms with Crippen LogP contribution in [0.5, 0.6) is 5.75 Å². The second kappa shape index (κ2) is 9.02. The van der Waals surface area contributed by atoms with Gasteiger partial charge in [-0.3, -0.25) is 4.79 Å². The standard InChI is InChI=1S/C13H19ClN2O2.ClH/c1-9(7-15-2)13(17)16-8-10-11(14)5-4-6-12(10)18-3;/h4-6,9,15H,7-8H2,1-3H3,(H,16,17);1H. The molecule has 0 radical (unpaired) electrons. The zero-order valence-electron chi connectivity index (χ0n) is 11.3. The molecular formula is C13H20Cl2N2O2. The highest BCUT2D eigenvalue weighted by atomic mass is 35.5. The van der Waals surface area contributed by atoms with Crippen LogP contribution in [0.25, 0.3) is 0 Å². The summed E-state index contributed by atoms with van der Waals surface area (Å²) in [5.74, 6) is 0.596. The molecule has 1 aromatic carbocycles. The molecule has 1 amide bonds. The number of rotatable bonds is 6. The number of hydrogen-bond acceptors (Lipinski definition) is 3. The van der Waals surface area contributed by atoms with Crippen molar-refractivity contribution in [2.45, 2.75) is 13.5 Å². The van der Waals surface area contributed by atoms with Crippen molar-refractivity contribution < 1.29 is 9.53 Å². The third kappa shape index (κ3) is 5.27. The van der Waals surface area contributed by atoms with Gasteiger partial charge in [-0.1, -0.05) is 24.6 Å². The average molecular weight is 307 g/mol. The second-order valence-corrected chi connectivity index (χ2v) is 4.50. The van der Waals surface area contributed by atoms with Gasteiger partial charge in [-0.25, -0.2) is 0 Å². The summed E-state index contributed by atoms with van der Waals surface area (Å²) in [5, 5.41) is 6.42. The smallest absolute Gasteiger partial charge is 0.224 e. The third-order valence-electron chi connectivity index (χ3n) is 2.69. The first-order chi connectivity index (χ1) is 8.60. The first kappa shape index (κ1) is 18.0. The molecule has 19 heavy (non-hydrogen) atoms. The maximum atomic E-state index is 11.8. The summed E-state index contributed by atoms with van der Waals surface area (Å²) in [7, 11) is 3.40. The lowest BCUT2D eigenvalue weighted by Gasteiger charge is -2.14. The summed E-state index contributed by atoms with van der Waals surface area (Å²) in [4.78, 5) is 11.8. The Morgan fingerprint density at radius 3 is 2.74 bits per heavy atom. The summed E-state index contributed by atoms with van der Waals surface area (Å²) < 4.78 is 5.22. The molecule has 1 rings (SSSR count). The maximum absolute atomic E-state index is 11.8. The van der Waals surface area contributed by atoms with Gasteiger partial charge >= 0.3 is 0 Å². The van der Waals surface area contributed by atoms with Gasteiger partial charge in [-0.05, 0) is 19.2 Å². The largest absolute Gasteiger partial charge is 0.496 e. The van der Waals surface area contributed by atoms with Crippen LogP contribution in [0.15, 0.2) is 18.2 Å². The number of methoxy groups -OCH3 is 1. The van der Waals surface area contributed by atoms with Gasteiger partial charge in [0.05, 0.1) is 7.11 Å². The quantitative estimate of drug-likeness (QED) is 0.847. The average Bonchev–Trinajstić information content (AvgIpc) is 2.36. The SMILES string of the molecule is CNCC(C)C(=O)NCc1c(Cl)cccc1OC.Cl. The number of ether oxygens (including phenoxy) is 1. The zero-order chi connectivity index (χ0) is 13.5. The molecular weight excluding hydrogens is 287 g/mol. The number of hydrogen-bond donors (Lipinski definition) is 2. The van der Waals surface area contributed by atoms with E-state index in [1.165, 1.54) is 0 Å². The van der Waals surface area contributed by atoms with Gasteiger partial charge in [0.1, 0.15) is 5.75 Å². The van der Waals surface area contributed by atoms with Gasteiger partial charge in [0.15, 0.2) is 0 Å². The summed E-state index contributed by atoms with van der Waals surface area (Å²) in [6.07, 6.45) is 0. The fourth-order valence-corrected chi connectivity index (χ4v) is 1.88. The Morgan fingerprint density at radius 2 is 2.16 bits per heavy atom. The molecule has 0 aliphatic rings. The minimum atomic E-state index is -0.0801. The molecule has 4 nitrogen and oxygen atoms in total. The number of carbonyl (C=O) groups excluding carboxylic acids is 1. The van der Waals surface area contributed by atoms with E-state index in [9.17, 15) is 4.79 Å². The minimum absolute atomic E-state index is 0. The lowest BCUT2D eigenvalue weighted by Crippen LogP contribution is -2.34. The molecule has 0 spiro atoms. The number of halogens is 2. The summed E-state index contributed by atoms with van der Waals surface area (Å²) in [6, 6.07) is 5.42. The van der Waals surface area contributed by atoms with E-state index in [0.29, 0.717) is 23.9 Å². The van der Waals surface area contributed by atoms with Crippen molar-refractivity contribution in [1.29, 1.82) is 0 Å². The van der Waals surface area contributed by atoms with Gasteiger partial charge in [-0.15, -0.1) is 12.4 Å². The molecule has 2 N–H and O–H groups in total. The van der Waals surface area contributed by atoms with Crippen LogP contribution in [-0.2, 0) is 11.3 Å². The van der Waals surface area contributed by atoms with Gasteiger partial charge in [0, 0.05) is 29.6 Å². The Hall–Kier alpha value is -0.970. The van der Waals surface area contributed by atoms with Crippen molar-refractivity contribution in [3.05, 3.63) is 28.8 Å². The summed E-state index contributed by atoms with van der Waals surface area (Å²) in [5.41, 5.74) is 0.798. The molecule has 0 aliphatic carbocycles. The predicted molar refractivity (Wildman–Crippen MR) is 80.2 cm³/mol. The molecule has 0 heterocycles. The fraction of sp³-hybridized carbons (Fsp3) is 0.462. The van der Waals surface area contributed by atoms with E-state index in [1.807, 2.05) is 26.1 Å². The monoisotopic (exact) mass is 306 g/mol. The van der Waals surface area contributed by atoms with Crippen LogP contribution < -0.4 is 15.4 Å². The van der Waals surface area contributed by atoms with Crippen molar-refractivity contribution in [2.75, 3.05) is 20.7 Å². The second-order valence-electron chi connectivity index (χ2n) is 4.10. The van der Waals surface area contributed by atoms with Crippen LogP contribution in [0.1, 0.15) is 12.5 Å². The Labute approximate surface area is 125 Å². The molecule has 108 valence electrons. The molecule has 1 atom stereocenters. The Balaban J connectivity index is 0.00000324. The van der Waals surface area contributed by atoms with Crippen molar-refractivity contribution >= 4 is 29.9 Å². The van der Waals surface area contributed by atoms with Crippen molar-refractivity contribution in [2.24, 2.45) is 5.92 Å². The Kier molecular flexibility index (Phi) is 8.56. The van der Waals surface area contributed by atoms with Gasteiger partial charge in [-0.2, -0.15) is 0 Å². The van der Waals surface area contributed by atoms with Crippen LogP contribution in [0.4, 0.5) is 0 Å². The molecule has 0 saturated heterocycles. The number of amides is 1. The zero-order valence-corrected chi connectivity index (χ0v) is 12.9. The highest BCUT2D eigenvalue weighted by Crippen LogP contribution is 2.25. The highest BCUT2D eigenvalue weighted by molar-refractivity contribution is 6.31. The van der Waals surface area contributed by atoms with Gasteiger partial charge in [0.25, 0.3) is 0 Å². The molecule has 0 aliphatic heterocycles.